The first kappa shape index (κ1) is 27.0. The van der Waals surface area contributed by atoms with Gasteiger partial charge in [0.1, 0.15) is 5.82 Å². The molecule has 0 bridgehead atoms. The average molecular weight is 572 g/mol. The Kier molecular flexibility index (Phi) is 11.0. The van der Waals surface area contributed by atoms with E-state index in [1.165, 1.54) is 6.07 Å². The van der Waals surface area contributed by atoms with Gasteiger partial charge < -0.3 is 24.4 Å². The van der Waals surface area contributed by atoms with Gasteiger partial charge in [0.25, 0.3) is 0 Å². The van der Waals surface area contributed by atoms with E-state index in [4.69, 9.17) is 14.2 Å². The lowest BCUT2D eigenvalue weighted by atomic mass is 10.1. The molecule has 0 radical (unpaired) electrons. The predicted octanol–water partition coefficient (Wildman–Crippen LogP) is 3.75. The third-order valence-corrected chi connectivity index (χ3v) is 5.49. The number of hydrogen-bond acceptors (Lipinski definition) is 5. The van der Waals surface area contributed by atoms with E-state index in [1.807, 2.05) is 25.1 Å². The number of benzene rings is 2. The Labute approximate surface area is 212 Å². The zero-order valence-corrected chi connectivity index (χ0v) is 22.1. The Morgan fingerprint density at radius 2 is 1.64 bits per heavy atom. The molecule has 182 valence electrons. The highest BCUT2D eigenvalue weighted by atomic mass is 127. The number of hydrogen-bond donors (Lipinski definition) is 1. The first-order chi connectivity index (χ1) is 15.6. The molecule has 1 N–H and O–H groups in total. The number of halogens is 2. The monoisotopic (exact) mass is 572 g/mol. The van der Waals surface area contributed by atoms with Crippen LogP contribution in [-0.4, -0.2) is 69.8 Å². The molecule has 0 aliphatic carbocycles. The second-order valence-electron chi connectivity index (χ2n) is 7.56. The second kappa shape index (κ2) is 13.4. The van der Waals surface area contributed by atoms with Crippen LogP contribution in [0, 0.1) is 5.82 Å². The molecule has 0 spiro atoms. The highest BCUT2D eigenvalue weighted by molar-refractivity contribution is 14.0. The lowest BCUT2D eigenvalue weighted by Gasteiger charge is -2.36. The van der Waals surface area contributed by atoms with Gasteiger partial charge in [-0.15, -0.1) is 24.0 Å². The van der Waals surface area contributed by atoms with Crippen LogP contribution in [0.4, 0.5) is 4.39 Å². The molecule has 1 aliphatic heterocycles. The molecule has 1 aliphatic rings. The lowest BCUT2D eigenvalue weighted by molar-refractivity contribution is 0.172. The van der Waals surface area contributed by atoms with E-state index >= 15 is 0 Å². The maximum absolute atomic E-state index is 13.9. The number of aliphatic imine (C=N–C) groups is 1. The van der Waals surface area contributed by atoms with Crippen LogP contribution in [0.5, 0.6) is 17.2 Å². The van der Waals surface area contributed by atoms with E-state index in [9.17, 15) is 4.39 Å². The van der Waals surface area contributed by atoms with Crippen LogP contribution < -0.4 is 19.5 Å². The van der Waals surface area contributed by atoms with Gasteiger partial charge in [0.2, 0.25) is 5.75 Å². The van der Waals surface area contributed by atoms with E-state index in [0.29, 0.717) is 29.4 Å². The molecule has 9 heteroatoms. The molecular formula is C24H34FIN4O3. The fourth-order valence-corrected chi connectivity index (χ4v) is 3.82. The Morgan fingerprint density at radius 1 is 1.00 bits per heavy atom. The average Bonchev–Trinajstić information content (AvgIpc) is 2.82. The van der Waals surface area contributed by atoms with Crippen LogP contribution in [0.2, 0.25) is 0 Å². The summed E-state index contributed by atoms with van der Waals surface area (Å²) in [7, 11) is 4.86. The normalized spacial score (nSPS) is 14.5. The summed E-state index contributed by atoms with van der Waals surface area (Å²) in [6, 6.07) is 10.8. The van der Waals surface area contributed by atoms with Gasteiger partial charge in [-0.1, -0.05) is 18.2 Å². The fourth-order valence-electron chi connectivity index (χ4n) is 3.82. The van der Waals surface area contributed by atoms with Gasteiger partial charge >= 0.3 is 0 Å². The van der Waals surface area contributed by atoms with Crippen molar-refractivity contribution in [3.63, 3.8) is 0 Å². The molecule has 1 saturated heterocycles. The molecule has 3 rings (SSSR count). The van der Waals surface area contributed by atoms with Crippen LogP contribution in [0.15, 0.2) is 41.4 Å². The van der Waals surface area contributed by atoms with Crippen molar-refractivity contribution in [1.29, 1.82) is 0 Å². The molecular weight excluding hydrogens is 538 g/mol. The summed E-state index contributed by atoms with van der Waals surface area (Å²) in [4.78, 5) is 9.29. The summed E-state index contributed by atoms with van der Waals surface area (Å²) in [5, 5.41) is 3.34. The number of nitrogens with zero attached hydrogens (tertiary/aromatic N) is 3. The summed E-state index contributed by atoms with van der Waals surface area (Å²) in [5.41, 5.74) is 1.71. The number of rotatable bonds is 8. The van der Waals surface area contributed by atoms with Crippen LogP contribution in [0.3, 0.4) is 0 Å². The van der Waals surface area contributed by atoms with Crippen LogP contribution in [0.1, 0.15) is 18.1 Å². The molecule has 0 unspecified atom stereocenters. The maximum Gasteiger partial charge on any atom is 0.203 e. The van der Waals surface area contributed by atoms with Crippen molar-refractivity contribution < 1.29 is 18.6 Å². The summed E-state index contributed by atoms with van der Waals surface area (Å²) < 4.78 is 30.3. The zero-order valence-electron chi connectivity index (χ0n) is 19.8. The Morgan fingerprint density at radius 3 is 2.18 bits per heavy atom. The predicted molar refractivity (Wildman–Crippen MR) is 140 cm³/mol. The van der Waals surface area contributed by atoms with E-state index in [0.717, 1.165) is 50.8 Å². The molecule has 0 saturated carbocycles. The van der Waals surface area contributed by atoms with Gasteiger partial charge in [-0.2, -0.15) is 0 Å². The minimum Gasteiger partial charge on any atom is -0.493 e. The van der Waals surface area contributed by atoms with Crippen molar-refractivity contribution in [2.45, 2.75) is 20.0 Å². The van der Waals surface area contributed by atoms with Crippen molar-refractivity contribution in [1.82, 2.24) is 15.1 Å². The Bertz CT molecular complexity index is 895. The van der Waals surface area contributed by atoms with Crippen LogP contribution in [0.25, 0.3) is 0 Å². The second-order valence-corrected chi connectivity index (χ2v) is 7.56. The summed E-state index contributed by atoms with van der Waals surface area (Å²) in [5.74, 6) is 2.53. The van der Waals surface area contributed by atoms with Crippen molar-refractivity contribution in [2.75, 3.05) is 54.1 Å². The summed E-state index contributed by atoms with van der Waals surface area (Å²) >= 11 is 0. The van der Waals surface area contributed by atoms with Crippen molar-refractivity contribution >= 4 is 29.9 Å². The van der Waals surface area contributed by atoms with Crippen molar-refractivity contribution in [3.8, 4) is 17.2 Å². The minimum absolute atomic E-state index is 0. The quantitative estimate of drug-likeness (QED) is 0.296. The highest BCUT2D eigenvalue weighted by Crippen LogP contribution is 2.38. The maximum atomic E-state index is 13.9. The van der Waals surface area contributed by atoms with Gasteiger partial charge in [0, 0.05) is 44.8 Å². The summed E-state index contributed by atoms with van der Waals surface area (Å²) in [6.07, 6.45) is 0. The Balaban J connectivity index is 0.00000385. The van der Waals surface area contributed by atoms with E-state index < -0.39 is 0 Å². The smallest absolute Gasteiger partial charge is 0.203 e. The third kappa shape index (κ3) is 7.10. The largest absolute Gasteiger partial charge is 0.493 e. The van der Waals surface area contributed by atoms with Crippen molar-refractivity contribution in [2.24, 2.45) is 4.99 Å². The molecule has 1 fully saturated rings. The first-order valence-corrected chi connectivity index (χ1v) is 10.9. The lowest BCUT2D eigenvalue weighted by Crippen LogP contribution is -2.52. The number of methoxy groups -OCH3 is 3. The summed E-state index contributed by atoms with van der Waals surface area (Å²) in [6.45, 7) is 7.37. The van der Waals surface area contributed by atoms with Crippen LogP contribution >= 0.6 is 24.0 Å². The number of ether oxygens (including phenoxy) is 3. The van der Waals surface area contributed by atoms with Gasteiger partial charge in [-0.05, 0) is 30.7 Å². The van der Waals surface area contributed by atoms with E-state index in [1.54, 1.807) is 33.5 Å². The SMILES string of the molecule is CCNC(=NCc1ccccc1F)N1CCN(Cc2cc(OC)c(OC)c(OC)c2)CC1.I. The molecule has 0 amide bonds. The van der Waals surface area contributed by atoms with E-state index in [-0.39, 0.29) is 29.8 Å². The van der Waals surface area contributed by atoms with Gasteiger partial charge in [-0.25, -0.2) is 9.38 Å². The van der Waals surface area contributed by atoms with Gasteiger partial charge in [0.05, 0.1) is 27.9 Å². The molecule has 2 aromatic rings. The molecule has 33 heavy (non-hydrogen) atoms. The van der Waals surface area contributed by atoms with Gasteiger partial charge in [-0.3, -0.25) is 4.90 Å². The molecule has 7 nitrogen and oxygen atoms in total. The minimum atomic E-state index is -0.220. The molecule has 0 atom stereocenters. The third-order valence-electron chi connectivity index (χ3n) is 5.49. The van der Waals surface area contributed by atoms with Crippen molar-refractivity contribution in [3.05, 3.63) is 53.3 Å². The highest BCUT2D eigenvalue weighted by Gasteiger charge is 2.21. The molecule has 2 aromatic carbocycles. The molecule has 0 aromatic heterocycles. The Hall–Kier alpha value is -2.27. The number of nitrogens with one attached hydrogen (secondary N) is 1. The standard InChI is InChI=1S/C24H33FN4O3.HI/c1-5-26-24(27-16-19-8-6-7-9-20(19)25)29-12-10-28(11-13-29)17-18-14-21(30-2)23(32-4)22(15-18)31-3;/h6-9,14-15H,5,10-13,16-17H2,1-4H3,(H,26,27);1H. The molecule has 1 heterocycles. The number of piperazine rings is 1. The number of guanidine groups is 1. The zero-order chi connectivity index (χ0) is 22.9. The topological polar surface area (TPSA) is 58.6 Å². The first-order valence-electron chi connectivity index (χ1n) is 10.9. The van der Waals surface area contributed by atoms with Gasteiger partial charge in [0.15, 0.2) is 17.5 Å². The van der Waals surface area contributed by atoms with Crippen LogP contribution in [-0.2, 0) is 13.1 Å². The van der Waals surface area contributed by atoms with E-state index in [2.05, 4.69) is 20.1 Å². The fraction of sp³-hybridized carbons (Fsp3) is 0.458.